The number of anilines is 3. The summed E-state index contributed by atoms with van der Waals surface area (Å²) in [6.07, 6.45) is 1.52. The molecule has 21 heavy (non-hydrogen) atoms. The second kappa shape index (κ2) is 6.74. The van der Waals surface area contributed by atoms with E-state index in [0.717, 1.165) is 24.5 Å². The molecule has 1 amide bonds. The lowest BCUT2D eigenvalue weighted by Crippen LogP contribution is -2.21. The summed E-state index contributed by atoms with van der Waals surface area (Å²) < 4.78 is 0. The molecular weight excluding hydrogens is 264 g/mol. The van der Waals surface area contributed by atoms with Crippen LogP contribution in [0.3, 0.4) is 0 Å². The third-order valence-electron chi connectivity index (χ3n) is 3.27. The predicted octanol–water partition coefficient (Wildman–Crippen LogP) is 2.76. The fourth-order valence-corrected chi connectivity index (χ4v) is 2.11. The van der Waals surface area contributed by atoms with Gasteiger partial charge in [-0.3, -0.25) is 9.78 Å². The van der Waals surface area contributed by atoms with E-state index in [9.17, 15) is 4.79 Å². The highest BCUT2D eigenvalue weighted by molar-refractivity contribution is 6.03. The van der Waals surface area contributed by atoms with Crippen LogP contribution in [0.25, 0.3) is 0 Å². The van der Waals surface area contributed by atoms with Gasteiger partial charge in [0, 0.05) is 36.3 Å². The van der Waals surface area contributed by atoms with Crippen LogP contribution >= 0.6 is 0 Å². The zero-order chi connectivity index (χ0) is 15.2. The molecule has 2 aromatic rings. The molecule has 0 unspecified atom stereocenters. The molecule has 0 atom stereocenters. The third kappa shape index (κ3) is 3.72. The molecule has 0 bridgehead atoms. The van der Waals surface area contributed by atoms with Gasteiger partial charge < -0.3 is 16.0 Å². The number of carbonyl (C=O) groups excluding carboxylic acids is 1. The Morgan fingerprint density at radius 1 is 1.19 bits per heavy atom. The number of rotatable bonds is 5. The number of aromatic nitrogens is 1. The van der Waals surface area contributed by atoms with E-state index in [1.807, 2.05) is 24.3 Å². The zero-order valence-electron chi connectivity index (χ0n) is 12.3. The van der Waals surface area contributed by atoms with Gasteiger partial charge in [-0.2, -0.15) is 0 Å². The predicted molar refractivity (Wildman–Crippen MR) is 86.6 cm³/mol. The van der Waals surface area contributed by atoms with Gasteiger partial charge in [0.05, 0.1) is 0 Å². The molecule has 1 heterocycles. The minimum Gasteiger partial charge on any atom is -0.399 e. The number of benzene rings is 1. The van der Waals surface area contributed by atoms with E-state index < -0.39 is 0 Å². The monoisotopic (exact) mass is 284 g/mol. The van der Waals surface area contributed by atoms with E-state index in [1.165, 1.54) is 6.20 Å². The molecule has 1 aromatic carbocycles. The van der Waals surface area contributed by atoms with Crippen molar-refractivity contribution in [2.45, 2.75) is 13.8 Å². The lowest BCUT2D eigenvalue weighted by Gasteiger charge is -2.21. The smallest absolute Gasteiger partial charge is 0.274 e. The fraction of sp³-hybridized carbons (Fsp3) is 0.250. The number of nitrogen functional groups attached to an aromatic ring is 1. The first kappa shape index (κ1) is 14.8. The summed E-state index contributed by atoms with van der Waals surface area (Å²) in [5.41, 5.74) is 8.35. The van der Waals surface area contributed by atoms with Gasteiger partial charge >= 0.3 is 0 Å². The minimum absolute atomic E-state index is 0.266. The molecule has 0 aliphatic rings. The minimum atomic E-state index is -0.266. The van der Waals surface area contributed by atoms with Crippen LogP contribution in [-0.2, 0) is 0 Å². The summed E-state index contributed by atoms with van der Waals surface area (Å²) in [6.45, 7) is 6.14. The van der Waals surface area contributed by atoms with Crippen molar-refractivity contribution in [2.75, 3.05) is 29.0 Å². The van der Waals surface area contributed by atoms with Crippen molar-refractivity contribution in [3.63, 3.8) is 0 Å². The van der Waals surface area contributed by atoms with Gasteiger partial charge in [0.2, 0.25) is 0 Å². The van der Waals surface area contributed by atoms with Crippen LogP contribution in [0.5, 0.6) is 0 Å². The number of hydrogen-bond acceptors (Lipinski definition) is 4. The Hall–Kier alpha value is -2.56. The number of carbonyl (C=O) groups is 1. The summed E-state index contributed by atoms with van der Waals surface area (Å²) in [5, 5.41) is 2.81. The van der Waals surface area contributed by atoms with Crippen LogP contribution < -0.4 is 16.0 Å². The van der Waals surface area contributed by atoms with Gasteiger partial charge in [0.15, 0.2) is 0 Å². The zero-order valence-corrected chi connectivity index (χ0v) is 12.3. The number of pyridine rings is 1. The third-order valence-corrected chi connectivity index (χ3v) is 3.27. The van der Waals surface area contributed by atoms with Crippen molar-refractivity contribution in [3.8, 4) is 0 Å². The highest BCUT2D eigenvalue weighted by Gasteiger charge is 2.08. The Bertz CT molecular complexity index is 606. The highest BCUT2D eigenvalue weighted by Crippen LogP contribution is 2.18. The molecule has 0 aliphatic heterocycles. The molecular formula is C16H20N4O. The van der Waals surface area contributed by atoms with Gasteiger partial charge in [-0.05, 0) is 50.2 Å². The van der Waals surface area contributed by atoms with Crippen molar-refractivity contribution >= 4 is 23.0 Å². The largest absolute Gasteiger partial charge is 0.399 e. The molecule has 0 radical (unpaired) electrons. The fourth-order valence-electron chi connectivity index (χ4n) is 2.11. The van der Waals surface area contributed by atoms with Crippen molar-refractivity contribution in [3.05, 3.63) is 48.3 Å². The first-order valence-electron chi connectivity index (χ1n) is 7.02. The first-order chi connectivity index (χ1) is 10.1. The van der Waals surface area contributed by atoms with E-state index >= 15 is 0 Å². The summed E-state index contributed by atoms with van der Waals surface area (Å²) in [5.74, 6) is -0.266. The summed E-state index contributed by atoms with van der Waals surface area (Å²) >= 11 is 0. The summed E-state index contributed by atoms with van der Waals surface area (Å²) in [4.78, 5) is 18.3. The number of nitrogens with one attached hydrogen (secondary N) is 1. The van der Waals surface area contributed by atoms with Crippen molar-refractivity contribution in [2.24, 2.45) is 0 Å². The molecule has 2 rings (SSSR count). The standard InChI is InChI=1S/C16H20N4O/c1-3-20(4-2)14-7-5-13(6-8-14)19-16(21)15-11-12(17)9-10-18-15/h5-11H,3-4H2,1-2H3,(H2,17,18)(H,19,21). The first-order valence-corrected chi connectivity index (χ1v) is 7.02. The second-order valence-electron chi connectivity index (χ2n) is 4.65. The van der Waals surface area contributed by atoms with Gasteiger partial charge in [-0.15, -0.1) is 0 Å². The Balaban J connectivity index is 2.08. The summed E-state index contributed by atoms with van der Waals surface area (Å²) in [7, 11) is 0. The average Bonchev–Trinajstić information content (AvgIpc) is 2.50. The Labute approximate surface area is 124 Å². The van der Waals surface area contributed by atoms with Crippen LogP contribution in [0.15, 0.2) is 42.6 Å². The lowest BCUT2D eigenvalue weighted by molar-refractivity contribution is 0.102. The van der Waals surface area contributed by atoms with Gasteiger partial charge in [-0.25, -0.2) is 0 Å². The molecule has 0 saturated heterocycles. The molecule has 5 nitrogen and oxygen atoms in total. The molecule has 0 saturated carbocycles. The van der Waals surface area contributed by atoms with Gasteiger partial charge in [0.25, 0.3) is 5.91 Å². The Kier molecular flexibility index (Phi) is 4.77. The van der Waals surface area contributed by atoms with E-state index in [4.69, 9.17) is 5.73 Å². The maximum Gasteiger partial charge on any atom is 0.274 e. The van der Waals surface area contributed by atoms with Crippen LogP contribution in [0.4, 0.5) is 17.1 Å². The molecule has 1 aromatic heterocycles. The van der Waals surface area contributed by atoms with E-state index in [2.05, 4.69) is 29.0 Å². The number of hydrogen-bond donors (Lipinski definition) is 2. The SMILES string of the molecule is CCN(CC)c1ccc(NC(=O)c2cc(N)ccn2)cc1. The van der Waals surface area contributed by atoms with Crippen molar-refractivity contribution in [1.82, 2.24) is 4.98 Å². The normalized spacial score (nSPS) is 10.2. The quantitative estimate of drug-likeness (QED) is 0.885. The molecule has 0 spiro atoms. The molecule has 0 fully saturated rings. The highest BCUT2D eigenvalue weighted by atomic mass is 16.1. The number of nitrogens with zero attached hydrogens (tertiary/aromatic N) is 2. The molecule has 110 valence electrons. The second-order valence-corrected chi connectivity index (χ2v) is 4.65. The number of nitrogens with two attached hydrogens (primary N) is 1. The van der Waals surface area contributed by atoms with Crippen LogP contribution in [0, 0.1) is 0 Å². The van der Waals surface area contributed by atoms with Crippen LogP contribution in [0.1, 0.15) is 24.3 Å². The van der Waals surface area contributed by atoms with Crippen LogP contribution in [-0.4, -0.2) is 24.0 Å². The van der Waals surface area contributed by atoms with Gasteiger partial charge in [0.1, 0.15) is 5.69 Å². The topological polar surface area (TPSA) is 71.2 Å². The van der Waals surface area contributed by atoms with E-state index in [0.29, 0.717) is 11.4 Å². The Morgan fingerprint density at radius 3 is 2.43 bits per heavy atom. The van der Waals surface area contributed by atoms with Gasteiger partial charge in [-0.1, -0.05) is 0 Å². The maximum absolute atomic E-state index is 12.1. The maximum atomic E-state index is 12.1. The van der Waals surface area contributed by atoms with Crippen LogP contribution in [0.2, 0.25) is 0 Å². The molecule has 3 N–H and O–H groups in total. The lowest BCUT2D eigenvalue weighted by atomic mass is 10.2. The molecule has 0 aliphatic carbocycles. The van der Waals surface area contributed by atoms with E-state index in [-0.39, 0.29) is 5.91 Å². The van der Waals surface area contributed by atoms with E-state index in [1.54, 1.807) is 12.1 Å². The Morgan fingerprint density at radius 2 is 1.86 bits per heavy atom. The average molecular weight is 284 g/mol. The van der Waals surface area contributed by atoms with Crippen molar-refractivity contribution in [1.29, 1.82) is 0 Å². The van der Waals surface area contributed by atoms with Crippen molar-refractivity contribution < 1.29 is 4.79 Å². The number of amides is 1. The molecule has 5 heteroatoms. The summed E-state index contributed by atoms with van der Waals surface area (Å²) in [6, 6.07) is 11.0.